The maximum Gasteiger partial charge on any atom is 0.261 e. The highest BCUT2D eigenvalue weighted by Gasteiger charge is 2.21. The molecule has 166 valence electrons. The summed E-state index contributed by atoms with van der Waals surface area (Å²) >= 11 is 1.13. The molecule has 0 aliphatic heterocycles. The zero-order valence-electron chi connectivity index (χ0n) is 18.2. The minimum Gasteiger partial charge on any atom is -0.310 e. The minimum atomic E-state index is -0.378. The minimum absolute atomic E-state index is 0.0177. The standard InChI is InChI=1S/C24H20FN5O2S/c1-14-15(2)30(17-10-8-16(25)9-11-17)22(19(14)12-26)28-21(31)13-33-24-27-20-7-5-4-6-18(20)23(32)29(24)3/h4-11H,13H2,1-3H3,(H,28,31). The largest absolute Gasteiger partial charge is 0.310 e. The van der Waals surface area contributed by atoms with Crippen molar-refractivity contribution in [1.82, 2.24) is 14.1 Å². The maximum atomic E-state index is 13.4. The lowest BCUT2D eigenvalue weighted by Crippen LogP contribution is -2.22. The molecule has 9 heteroatoms. The molecule has 2 aromatic heterocycles. The number of hydrogen-bond donors (Lipinski definition) is 1. The first kappa shape index (κ1) is 22.3. The van der Waals surface area contributed by atoms with Crippen molar-refractivity contribution in [3.8, 4) is 11.8 Å². The normalized spacial score (nSPS) is 10.9. The predicted octanol–water partition coefficient (Wildman–Crippen LogP) is 4.08. The summed E-state index contributed by atoms with van der Waals surface area (Å²) in [4.78, 5) is 29.9. The predicted molar refractivity (Wildman–Crippen MR) is 126 cm³/mol. The van der Waals surface area contributed by atoms with Crippen LogP contribution in [0.15, 0.2) is 58.5 Å². The first-order chi connectivity index (χ1) is 15.8. The number of nitriles is 1. The van der Waals surface area contributed by atoms with Gasteiger partial charge in [-0.15, -0.1) is 0 Å². The summed E-state index contributed by atoms with van der Waals surface area (Å²) in [7, 11) is 1.61. The Hall–Kier alpha value is -3.90. The Balaban J connectivity index is 1.62. The fourth-order valence-corrected chi connectivity index (χ4v) is 4.37. The van der Waals surface area contributed by atoms with E-state index in [0.29, 0.717) is 33.1 Å². The number of fused-ring (bicyclic) bond motifs is 1. The van der Waals surface area contributed by atoms with Crippen molar-refractivity contribution < 1.29 is 9.18 Å². The van der Waals surface area contributed by atoms with Crippen LogP contribution in [0.1, 0.15) is 16.8 Å². The van der Waals surface area contributed by atoms with Gasteiger partial charge in [-0.05, 0) is 55.8 Å². The zero-order chi connectivity index (χ0) is 23.7. The molecule has 0 saturated carbocycles. The van der Waals surface area contributed by atoms with E-state index < -0.39 is 0 Å². The molecule has 7 nitrogen and oxygen atoms in total. The summed E-state index contributed by atoms with van der Waals surface area (Å²) in [5.41, 5.74) is 2.83. The molecule has 1 N–H and O–H groups in total. The molecule has 4 rings (SSSR count). The number of hydrogen-bond acceptors (Lipinski definition) is 5. The molecule has 2 aromatic carbocycles. The molecular formula is C24H20FN5O2S. The third-order valence-electron chi connectivity index (χ3n) is 5.44. The van der Waals surface area contributed by atoms with Gasteiger partial charge in [0.2, 0.25) is 5.91 Å². The van der Waals surface area contributed by atoms with Crippen LogP contribution in [0.25, 0.3) is 16.6 Å². The second-order valence-corrected chi connectivity index (χ2v) is 8.41. The van der Waals surface area contributed by atoms with Gasteiger partial charge in [0.15, 0.2) is 5.16 Å². The van der Waals surface area contributed by atoms with Crippen LogP contribution in [0.4, 0.5) is 10.2 Å². The summed E-state index contributed by atoms with van der Waals surface area (Å²) < 4.78 is 16.6. The van der Waals surface area contributed by atoms with E-state index in [1.807, 2.05) is 6.92 Å². The van der Waals surface area contributed by atoms with Crippen molar-refractivity contribution in [2.75, 3.05) is 11.1 Å². The Kier molecular flexibility index (Phi) is 6.03. The van der Waals surface area contributed by atoms with Crippen molar-refractivity contribution in [3.63, 3.8) is 0 Å². The van der Waals surface area contributed by atoms with Gasteiger partial charge in [0.25, 0.3) is 5.56 Å². The molecule has 0 bridgehead atoms. The van der Waals surface area contributed by atoms with Crippen molar-refractivity contribution >= 4 is 34.4 Å². The van der Waals surface area contributed by atoms with E-state index in [2.05, 4.69) is 16.4 Å². The molecule has 2 heterocycles. The van der Waals surface area contributed by atoms with Gasteiger partial charge in [-0.25, -0.2) is 9.37 Å². The SMILES string of the molecule is Cc1c(C#N)c(NC(=O)CSc2nc3ccccc3c(=O)n2C)n(-c2ccc(F)cc2)c1C. The summed E-state index contributed by atoms with van der Waals surface area (Å²) in [6.07, 6.45) is 0. The van der Waals surface area contributed by atoms with Crippen LogP contribution in [0.3, 0.4) is 0 Å². The van der Waals surface area contributed by atoms with Gasteiger partial charge < -0.3 is 5.32 Å². The number of halogens is 1. The lowest BCUT2D eigenvalue weighted by molar-refractivity contribution is -0.113. The molecule has 0 spiro atoms. The highest BCUT2D eigenvalue weighted by atomic mass is 32.2. The quantitative estimate of drug-likeness (QED) is 0.357. The lowest BCUT2D eigenvalue weighted by Gasteiger charge is -2.13. The van der Waals surface area contributed by atoms with E-state index in [-0.39, 0.29) is 23.0 Å². The number of aromatic nitrogens is 3. The van der Waals surface area contributed by atoms with Crippen LogP contribution in [-0.2, 0) is 11.8 Å². The third kappa shape index (κ3) is 4.13. The highest BCUT2D eigenvalue weighted by Crippen LogP contribution is 2.30. The average Bonchev–Trinajstić information content (AvgIpc) is 3.04. The van der Waals surface area contributed by atoms with Crippen molar-refractivity contribution in [2.24, 2.45) is 7.05 Å². The molecule has 0 atom stereocenters. The van der Waals surface area contributed by atoms with Crippen LogP contribution in [-0.4, -0.2) is 25.8 Å². The average molecular weight is 462 g/mol. The number of benzene rings is 2. The van der Waals surface area contributed by atoms with E-state index in [0.717, 1.165) is 23.0 Å². The number of carbonyl (C=O) groups is 1. The number of anilines is 1. The number of rotatable bonds is 5. The first-order valence-corrected chi connectivity index (χ1v) is 11.1. The summed E-state index contributed by atoms with van der Waals surface area (Å²) in [5.74, 6) is -0.433. The Morgan fingerprint density at radius 2 is 1.88 bits per heavy atom. The monoisotopic (exact) mass is 461 g/mol. The molecule has 1 amide bonds. The number of para-hydroxylation sites is 1. The van der Waals surface area contributed by atoms with E-state index in [4.69, 9.17) is 0 Å². The van der Waals surface area contributed by atoms with Gasteiger partial charge >= 0.3 is 0 Å². The second kappa shape index (κ2) is 8.92. The van der Waals surface area contributed by atoms with E-state index in [1.54, 1.807) is 54.9 Å². The summed E-state index contributed by atoms with van der Waals surface area (Å²) in [6, 6.07) is 15.0. The Bertz CT molecular complexity index is 1480. The number of amides is 1. The molecule has 4 aromatic rings. The summed E-state index contributed by atoms with van der Waals surface area (Å²) in [6.45, 7) is 3.63. The fraction of sp³-hybridized carbons (Fsp3) is 0.167. The fourth-order valence-electron chi connectivity index (χ4n) is 3.60. The number of carbonyl (C=O) groups excluding carboxylic acids is 1. The Morgan fingerprint density at radius 1 is 1.18 bits per heavy atom. The van der Waals surface area contributed by atoms with Crippen molar-refractivity contribution in [2.45, 2.75) is 19.0 Å². The van der Waals surface area contributed by atoms with E-state index in [9.17, 15) is 19.2 Å². The van der Waals surface area contributed by atoms with Crippen molar-refractivity contribution in [1.29, 1.82) is 5.26 Å². The van der Waals surface area contributed by atoms with Crippen LogP contribution in [0, 0.1) is 31.0 Å². The van der Waals surface area contributed by atoms with Crippen LogP contribution in [0.2, 0.25) is 0 Å². The summed E-state index contributed by atoms with van der Waals surface area (Å²) in [5, 5.41) is 13.4. The lowest BCUT2D eigenvalue weighted by atomic mass is 10.2. The van der Waals surface area contributed by atoms with Crippen LogP contribution < -0.4 is 10.9 Å². The van der Waals surface area contributed by atoms with Crippen molar-refractivity contribution in [3.05, 3.63) is 81.5 Å². The molecule has 0 saturated heterocycles. The topological polar surface area (TPSA) is 92.7 Å². The number of nitrogens with zero attached hydrogens (tertiary/aromatic N) is 4. The number of nitrogens with one attached hydrogen (secondary N) is 1. The smallest absolute Gasteiger partial charge is 0.261 e. The van der Waals surface area contributed by atoms with Gasteiger partial charge in [-0.2, -0.15) is 5.26 Å². The number of thioether (sulfide) groups is 1. The first-order valence-electron chi connectivity index (χ1n) is 10.1. The molecule has 33 heavy (non-hydrogen) atoms. The molecule has 0 aliphatic carbocycles. The third-order valence-corrected chi connectivity index (χ3v) is 6.47. The molecule has 0 fully saturated rings. The van der Waals surface area contributed by atoms with Gasteiger partial charge in [0.1, 0.15) is 17.7 Å². The Labute approximate surface area is 193 Å². The Morgan fingerprint density at radius 3 is 2.58 bits per heavy atom. The molecule has 0 aliphatic rings. The molecule has 0 unspecified atom stereocenters. The zero-order valence-corrected chi connectivity index (χ0v) is 19.0. The van der Waals surface area contributed by atoms with E-state index >= 15 is 0 Å². The second-order valence-electron chi connectivity index (χ2n) is 7.47. The van der Waals surface area contributed by atoms with Gasteiger partial charge in [0, 0.05) is 18.4 Å². The molecular weight excluding hydrogens is 441 g/mol. The maximum absolute atomic E-state index is 13.4. The van der Waals surface area contributed by atoms with Gasteiger partial charge in [0.05, 0.1) is 22.2 Å². The van der Waals surface area contributed by atoms with Gasteiger partial charge in [-0.1, -0.05) is 23.9 Å². The molecule has 0 radical (unpaired) electrons. The van der Waals surface area contributed by atoms with Crippen LogP contribution in [0.5, 0.6) is 0 Å². The van der Waals surface area contributed by atoms with E-state index in [1.165, 1.54) is 16.7 Å². The van der Waals surface area contributed by atoms with Gasteiger partial charge in [-0.3, -0.25) is 18.7 Å². The highest BCUT2D eigenvalue weighted by molar-refractivity contribution is 7.99. The van der Waals surface area contributed by atoms with Crippen LogP contribution >= 0.6 is 11.8 Å².